The van der Waals surface area contributed by atoms with Gasteiger partial charge in [0.1, 0.15) is 6.04 Å². The molecule has 2 N–H and O–H groups in total. The summed E-state index contributed by atoms with van der Waals surface area (Å²) < 4.78 is 0. The van der Waals surface area contributed by atoms with Crippen molar-refractivity contribution in [2.75, 3.05) is 13.6 Å². The summed E-state index contributed by atoms with van der Waals surface area (Å²) in [5, 5.41) is 9.84. The maximum atomic E-state index is 12.6. The number of nitrogens with one attached hydrogen (secondary N) is 2. The van der Waals surface area contributed by atoms with Crippen LogP contribution >= 0.6 is 0 Å². The lowest BCUT2D eigenvalue weighted by Gasteiger charge is -2.26. The van der Waals surface area contributed by atoms with Gasteiger partial charge in [0.2, 0.25) is 5.91 Å². The largest absolute Gasteiger partial charge is 0.350 e. The zero-order chi connectivity index (χ0) is 15.2. The van der Waals surface area contributed by atoms with Gasteiger partial charge in [0, 0.05) is 17.8 Å². The van der Waals surface area contributed by atoms with Crippen LogP contribution in [0.2, 0.25) is 0 Å². The number of amides is 1. The van der Waals surface area contributed by atoms with E-state index < -0.39 is 0 Å². The molecule has 0 aliphatic heterocycles. The lowest BCUT2D eigenvalue weighted by molar-refractivity contribution is -0.126. The van der Waals surface area contributed by atoms with Crippen LogP contribution in [0.15, 0.2) is 36.5 Å². The van der Waals surface area contributed by atoms with E-state index in [2.05, 4.69) is 15.5 Å². The minimum atomic E-state index is -0.275. The van der Waals surface area contributed by atoms with Crippen LogP contribution in [0.25, 0.3) is 0 Å². The molecular weight excluding hydrogens is 264 g/mol. The minimum absolute atomic E-state index is 0.00569. The zero-order valence-corrected chi connectivity index (χ0v) is 12.8. The molecule has 112 valence electrons. The predicted octanol–water partition coefficient (Wildman–Crippen LogP) is 2.03. The Morgan fingerprint density at radius 1 is 1.38 bits per heavy atom. The van der Waals surface area contributed by atoms with Crippen molar-refractivity contribution in [2.24, 2.45) is 0 Å². The van der Waals surface area contributed by atoms with Crippen molar-refractivity contribution in [1.82, 2.24) is 20.4 Å². The van der Waals surface area contributed by atoms with Crippen LogP contribution in [0.4, 0.5) is 0 Å². The third kappa shape index (κ3) is 3.70. The smallest absolute Gasteiger partial charge is 0.242 e. The molecule has 0 saturated heterocycles. The third-order valence-electron chi connectivity index (χ3n) is 3.69. The third-order valence-corrected chi connectivity index (χ3v) is 3.69. The predicted molar refractivity (Wildman–Crippen MR) is 82.7 cm³/mol. The minimum Gasteiger partial charge on any atom is -0.350 e. The number of aromatic nitrogens is 2. The first-order chi connectivity index (χ1) is 10.1. The zero-order valence-electron chi connectivity index (χ0n) is 12.8. The molecular formula is C16H22N4O. The Hall–Kier alpha value is -2.14. The highest BCUT2D eigenvalue weighted by Gasteiger charge is 2.23. The molecule has 2 rings (SSSR count). The topological polar surface area (TPSA) is 61.0 Å². The van der Waals surface area contributed by atoms with Crippen LogP contribution in [-0.2, 0) is 11.3 Å². The second kappa shape index (κ2) is 7.04. The summed E-state index contributed by atoms with van der Waals surface area (Å²) in [6, 6.07) is 9.57. The molecule has 0 bridgehead atoms. The van der Waals surface area contributed by atoms with Gasteiger partial charge in [-0.1, -0.05) is 37.3 Å². The number of hydrogen-bond donors (Lipinski definition) is 2. The van der Waals surface area contributed by atoms with Gasteiger partial charge in [-0.2, -0.15) is 5.10 Å². The van der Waals surface area contributed by atoms with Crippen LogP contribution in [0.1, 0.15) is 29.8 Å². The van der Waals surface area contributed by atoms with Gasteiger partial charge < -0.3 is 5.32 Å². The van der Waals surface area contributed by atoms with Crippen molar-refractivity contribution < 1.29 is 4.79 Å². The van der Waals surface area contributed by atoms with Crippen molar-refractivity contribution in [3.05, 3.63) is 53.3 Å². The van der Waals surface area contributed by atoms with E-state index in [-0.39, 0.29) is 11.9 Å². The van der Waals surface area contributed by atoms with E-state index >= 15 is 0 Å². The fourth-order valence-corrected chi connectivity index (χ4v) is 2.26. The Bertz CT molecular complexity index is 579. The van der Waals surface area contributed by atoms with E-state index in [1.165, 1.54) is 0 Å². The Kier molecular flexibility index (Phi) is 5.11. The van der Waals surface area contributed by atoms with Gasteiger partial charge in [0.15, 0.2) is 0 Å². The molecule has 5 heteroatoms. The van der Waals surface area contributed by atoms with Crippen molar-refractivity contribution >= 4 is 5.91 Å². The quantitative estimate of drug-likeness (QED) is 0.854. The molecule has 2 aromatic rings. The first-order valence-corrected chi connectivity index (χ1v) is 7.15. The van der Waals surface area contributed by atoms with Crippen molar-refractivity contribution in [2.45, 2.75) is 26.4 Å². The first kappa shape index (κ1) is 15.3. The molecule has 21 heavy (non-hydrogen) atoms. The molecule has 0 fully saturated rings. The van der Waals surface area contributed by atoms with Gasteiger partial charge >= 0.3 is 0 Å². The summed E-state index contributed by atoms with van der Waals surface area (Å²) in [5.74, 6) is 0.00569. The van der Waals surface area contributed by atoms with E-state index in [4.69, 9.17) is 0 Å². The molecule has 1 amide bonds. The van der Waals surface area contributed by atoms with E-state index in [0.717, 1.165) is 23.4 Å². The summed E-state index contributed by atoms with van der Waals surface area (Å²) >= 11 is 0. The van der Waals surface area contributed by atoms with Gasteiger partial charge in [-0.15, -0.1) is 0 Å². The lowest BCUT2D eigenvalue weighted by atomic mass is 10.0. The Balaban J connectivity index is 2.10. The van der Waals surface area contributed by atoms with E-state index in [1.807, 2.05) is 56.1 Å². The fraction of sp³-hybridized carbons (Fsp3) is 0.375. The standard InChI is InChI=1S/C16H22N4O/c1-4-20(3)15(13-8-6-5-7-9-13)16(21)17-10-14-11-18-19-12(14)2/h5-9,11,15H,4,10H2,1-3H3,(H,17,21)(H,18,19)/t15-/m1/s1. The Morgan fingerprint density at radius 3 is 2.67 bits per heavy atom. The number of rotatable bonds is 6. The van der Waals surface area contributed by atoms with Crippen molar-refractivity contribution in [1.29, 1.82) is 0 Å². The maximum Gasteiger partial charge on any atom is 0.242 e. The summed E-state index contributed by atoms with van der Waals surface area (Å²) in [6.45, 7) is 5.28. The summed E-state index contributed by atoms with van der Waals surface area (Å²) in [4.78, 5) is 14.6. The summed E-state index contributed by atoms with van der Waals surface area (Å²) in [7, 11) is 1.96. The van der Waals surface area contributed by atoms with Gasteiger partial charge in [-0.3, -0.25) is 14.8 Å². The molecule has 0 aliphatic carbocycles. The molecule has 1 aromatic heterocycles. The Labute approximate surface area is 125 Å². The van der Waals surface area contributed by atoms with E-state index in [9.17, 15) is 4.79 Å². The van der Waals surface area contributed by atoms with Crippen molar-refractivity contribution in [3.8, 4) is 0 Å². The average molecular weight is 286 g/mol. The van der Waals surface area contributed by atoms with Gasteiger partial charge in [0.25, 0.3) is 0 Å². The SMILES string of the molecule is CCN(C)[C@@H](C(=O)NCc1cn[nH]c1C)c1ccccc1. The first-order valence-electron chi connectivity index (χ1n) is 7.15. The van der Waals surface area contributed by atoms with Crippen molar-refractivity contribution in [3.63, 3.8) is 0 Å². The number of nitrogens with zero attached hydrogens (tertiary/aromatic N) is 2. The van der Waals surface area contributed by atoms with Crippen LogP contribution in [-0.4, -0.2) is 34.6 Å². The number of hydrogen-bond acceptors (Lipinski definition) is 3. The van der Waals surface area contributed by atoms with Gasteiger partial charge in [0.05, 0.1) is 6.20 Å². The normalized spacial score (nSPS) is 12.4. The highest BCUT2D eigenvalue weighted by Crippen LogP contribution is 2.19. The number of benzene rings is 1. The molecule has 1 atom stereocenters. The van der Waals surface area contributed by atoms with Crippen LogP contribution in [0, 0.1) is 6.92 Å². The maximum absolute atomic E-state index is 12.6. The second-order valence-electron chi connectivity index (χ2n) is 5.12. The summed E-state index contributed by atoms with van der Waals surface area (Å²) in [6.07, 6.45) is 1.75. The highest BCUT2D eigenvalue weighted by atomic mass is 16.2. The van der Waals surface area contributed by atoms with Crippen LogP contribution in [0.5, 0.6) is 0 Å². The number of likely N-dealkylation sites (N-methyl/N-ethyl adjacent to an activating group) is 1. The average Bonchev–Trinajstić information content (AvgIpc) is 2.91. The number of carbonyl (C=O) groups is 1. The molecule has 0 radical (unpaired) electrons. The van der Waals surface area contributed by atoms with Crippen LogP contribution < -0.4 is 5.32 Å². The molecule has 5 nitrogen and oxygen atoms in total. The molecule has 0 aliphatic rings. The number of aromatic amines is 1. The number of carbonyl (C=O) groups excluding carboxylic acids is 1. The highest BCUT2D eigenvalue weighted by molar-refractivity contribution is 5.83. The summed E-state index contributed by atoms with van der Waals surface area (Å²) in [5.41, 5.74) is 2.99. The van der Waals surface area contributed by atoms with Gasteiger partial charge in [-0.25, -0.2) is 0 Å². The van der Waals surface area contributed by atoms with Gasteiger partial charge in [-0.05, 0) is 26.1 Å². The van der Waals surface area contributed by atoms with Crippen LogP contribution in [0.3, 0.4) is 0 Å². The molecule has 0 unspecified atom stereocenters. The molecule has 0 spiro atoms. The molecule has 1 heterocycles. The Morgan fingerprint density at radius 2 is 2.10 bits per heavy atom. The van der Waals surface area contributed by atoms with E-state index in [1.54, 1.807) is 6.20 Å². The lowest BCUT2D eigenvalue weighted by Crippen LogP contribution is -2.38. The van der Waals surface area contributed by atoms with E-state index in [0.29, 0.717) is 6.54 Å². The fourth-order valence-electron chi connectivity index (χ4n) is 2.26. The monoisotopic (exact) mass is 286 g/mol. The number of aryl methyl sites for hydroxylation is 1. The number of H-pyrrole nitrogens is 1. The second-order valence-corrected chi connectivity index (χ2v) is 5.12. The molecule has 0 saturated carbocycles. The molecule has 1 aromatic carbocycles.